The molecule has 0 fully saturated rings. The van der Waals surface area contributed by atoms with E-state index in [-0.39, 0.29) is 32.7 Å². The minimum Gasteiger partial charge on any atom is -0.478 e. The molecule has 0 aliphatic rings. The highest BCUT2D eigenvalue weighted by Gasteiger charge is 2.37. The molecule has 0 saturated heterocycles. The number of aromatic nitrogens is 6. The van der Waals surface area contributed by atoms with Crippen molar-refractivity contribution in [2.24, 2.45) is 0 Å². The molecular formula is C28H16F6N6O4S2. The second-order valence-corrected chi connectivity index (χ2v) is 11.1. The Morgan fingerprint density at radius 2 is 0.891 bits per heavy atom. The maximum atomic E-state index is 13.2. The van der Waals surface area contributed by atoms with Crippen molar-refractivity contribution in [3.63, 3.8) is 0 Å². The van der Waals surface area contributed by atoms with E-state index >= 15 is 0 Å². The van der Waals surface area contributed by atoms with E-state index in [0.29, 0.717) is 9.79 Å². The second kappa shape index (κ2) is 12.7. The molecule has 46 heavy (non-hydrogen) atoms. The van der Waals surface area contributed by atoms with Crippen molar-refractivity contribution in [1.82, 2.24) is 29.2 Å². The summed E-state index contributed by atoms with van der Waals surface area (Å²) in [6, 6.07) is 20.5. The minimum atomic E-state index is -4.66. The number of hydrogen-bond donors (Lipinski definition) is 2. The van der Waals surface area contributed by atoms with Crippen molar-refractivity contribution in [2.45, 2.75) is 32.5 Å². The largest absolute Gasteiger partial charge is 0.478 e. The van der Waals surface area contributed by atoms with Crippen LogP contribution in [0.5, 0.6) is 0 Å². The van der Waals surface area contributed by atoms with Crippen LogP contribution in [0.4, 0.5) is 26.3 Å². The van der Waals surface area contributed by atoms with Gasteiger partial charge in [0.15, 0.2) is 11.3 Å². The first kappa shape index (κ1) is 32.3. The van der Waals surface area contributed by atoms with Crippen LogP contribution in [-0.4, -0.2) is 51.3 Å². The van der Waals surface area contributed by atoms with Gasteiger partial charge in [0.1, 0.15) is 22.5 Å². The summed E-state index contributed by atoms with van der Waals surface area (Å²) in [5, 5.41) is 32.8. The molecule has 2 aromatic carbocycles. The van der Waals surface area contributed by atoms with E-state index in [1.165, 1.54) is 0 Å². The van der Waals surface area contributed by atoms with Gasteiger partial charge in [0.25, 0.3) is 0 Å². The van der Waals surface area contributed by atoms with Crippen LogP contribution in [0, 0.1) is 0 Å². The lowest BCUT2D eigenvalue weighted by molar-refractivity contribution is -0.143. The summed E-state index contributed by atoms with van der Waals surface area (Å²) >= 11 is 1.94. The van der Waals surface area contributed by atoms with Gasteiger partial charge in [0.2, 0.25) is 10.3 Å². The molecule has 0 atom stereocenters. The average molecular weight is 679 g/mol. The summed E-state index contributed by atoms with van der Waals surface area (Å²) < 4.78 is 80.7. The minimum absolute atomic E-state index is 0.0541. The van der Waals surface area contributed by atoms with Gasteiger partial charge in [0.05, 0.1) is 0 Å². The molecule has 4 aromatic heterocycles. The quantitative estimate of drug-likeness (QED) is 0.174. The first-order valence-corrected chi connectivity index (χ1v) is 14.2. The van der Waals surface area contributed by atoms with Gasteiger partial charge in [-0.25, -0.2) is 9.59 Å². The number of rotatable bonds is 6. The monoisotopic (exact) mass is 678 g/mol. The molecule has 4 heterocycles. The average Bonchev–Trinajstić information content (AvgIpc) is 3.61. The third kappa shape index (κ3) is 6.76. The number of carbonyl (C=O) groups is 2. The number of halogens is 6. The molecule has 0 amide bonds. The third-order valence-corrected chi connectivity index (χ3v) is 7.90. The van der Waals surface area contributed by atoms with Gasteiger partial charge in [-0.2, -0.15) is 26.3 Å². The maximum Gasteiger partial charge on any atom is 0.431 e. The summed E-state index contributed by atoms with van der Waals surface area (Å²) in [6.45, 7) is 0. The Labute approximate surface area is 261 Å². The fourth-order valence-electron chi connectivity index (χ4n) is 4.04. The SMILES string of the molecule is O=C(O)c1ccc(C(F)(F)F)n2c(Sc3ccccc3)nnc12.O=C(O)c1ccc(C(F)(F)F)n2c(Sc3ccccc3)nnc12. The Hall–Kier alpha value is -5.10. The molecule has 0 aliphatic carbocycles. The zero-order valence-electron chi connectivity index (χ0n) is 22.6. The number of hydrogen-bond acceptors (Lipinski definition) is 8. The number of alkyl halides is 6. The maximum absolute atomic E-state index is 13.2. The standard InChI is InChI=1S/2C14H8F3N3O2S/c2*15-14(16,17)10-7-6-9(12(21)22)11-18-19-13(20(10)11)23-8-4-2-1-3-5-8/h2*1-7H,(H,21,22). The van der Waals surface area contributed by atoms with Crippen molar-refractivity contribution < 1.29 is 46.1 Å². The summed E-state index contributed by atoms with van der Waals surface area (Å²) in [6.07, 6.45) is -9.33. The molecule has 18 heteroatoms. The van der Waals surface area contributed by atoms with E-state index in [2.05, 4.69) is 20.4 Å². The highest BCUT2D eigenvalue weighted by molar-refractivity contribution is 7.99. The van der Waals surface area contributed by atoms with Gasteiger partial charge in [-0.1, -0.05) is 36.4 Å². The molecule has 6 aromatic rings. The predicted octanol–water partition coefficient (Wildman–Crippen LogP) is 7.20. The smallest absolute Gasteiger partial charge is 0.431 e. The van der Waals surface area contributed by atoms with Gasteiger partial charge in [-0.3, -0.25) is 8.80 Å². The third-order valence-electron chi connectivity index (χ3n) is 5.99. The number of benzene rings is 2. The zero-order chi connectivity index (χ0) is 33.2. The lowest BCUT2D eigenvalue weighted by Gasteiger charge is -2.11. The highest BCUT2D eigenvalue weighted by Crippen LogP contribution is 2.36. The molecule has 0 unspecified atom stereocenters. The van der Waals surface area contributed by atoms with Gasteiger partial charge in [-0.15, -0.1) is 20.4 Å². The van der Waals surface area contributed by atoms with Crippen molar-refractivity contribution >= 4 is 46.8 Å². The molecule has 2 N–H and O–H groups in total. The number of aromatic carboxylic acids is 2. The molecule has 0 radical (unpaired) electrons. The number of fused-ring (bicyclic) bond motifs is 2. The Morgan fingerprint density at radius 3 is 1.20 bits per heavy atom. The Morgan fingerprint density at radius 1 is 0.543 bits per heavy atom. The molecule has 10 nitrogen and oxygen atoms in total. The van der Waals surface area contributed by atoms with Crippen molar-refractivity contribution in [3.05, 3.63) is 107 Å². The van der Waals surface area contributed by atoms with Crippen LogP contribution in [-0.2, 0) is 12.4 Å². The number of carboxylic acids is 2. The lowest BCUT2D eigenvalue weighted by atomic mass is 10.2. The van der Waals surface area contributed by atoms with Gasteiger partial charge < -0.3 is 10.2 Å². The van der Waals surface area contributed by atoms with E-state index in [4.69, 9.17) is 10.2 Å². The van der Waals surface area contributed by atoms with Crippen LogP contribution >= 0.6 is 23.5 Å². The van der Waals surface area contributed by atoms with Crippen LogP contribution in [0.15, 0.2) is 105 Å². The van der Waals surface area contributed by atoms with E-state index in [1.807, 2.05) is 0 Å². The van der Waals surface area contributed by atoms with Crippen LogP contribution in [0.25, 0.3) is 11.3 Å². The topological polar surface area (TPSA) is 135 Å². The second-order valence-electron chi connectivity index (χ2n) is 8.98. The number of pyridine rings is 2. The molecule has 6 rings (SSSR count). The Bertz CT molecular complexity index is 1900. The molecule has 0 aliphatic heterocycles. The molecular weight excluding hydrogens is 662 g/mol. The number of nitrogens with zero attached hydrogens (tertiary/aromatic N) is 6. The Balaban J connectivity index is 0.000000181. The van der Waals surface area contributed by atoms with E-state index in [9.17, 15) is 35.9 Å². The summed E-state index contributed by atoms with van der Waals surface area (Å²) in [5.41, 5.74) is -3.42. The van der Waals surface area contributed by atoms with Crippen molar-refractivity contribution in [1.29, 1.82) is 0 Å². The van der Waals surface area contributed by atoms with Gasteiger partial charge >= 0.3 is 24.3 Å². The van der Waals surface area contributed by atoms with Crippen LogP contribution in [0.1, 0.15) is 32.1 Å². The van der Waals surface area contributed by atoms with Crippen molar-refractivity contribution in [2.75, 3.05) is 0 Å². The fourth-order valence-corrected chi connectivity index (χ4v) is 5.77. The van der Waals surface area contributed by atoms with Crippen LogP contribution < -0.4 is 0 Å². The first-order valence-electron chi connectivity index (χ1n) is 12.6. The van der Waals surface area contributed by atoms with Crippen LogP contribution in [0.2, 0.25) is 0 Å². The van der Waals surface area contributed by atoms with Gasteiger partial charge in [-0.05, 0) is 72.1 Å². The van der Waals surface area contributed by atoms with E-state index < -0.39 is 35.7 Å². The number of carboxylic acid groups (broad SMARTS) is 2. The normalized spacial score (nSPS) is 11.8. The van der Waals surface area contributed by atoms with Gasteiger partial charge in [0, 0.05) is 9.79 Å². The summed E-state index contributed by atoms with van der Waals surface area (Å²) in [4.78, 5) is 23.7. The van der Waals surface area contributed by atoms with E-state index in [0.717, 1.165) is 56.6 Å². The van der Waals surface area contributed by atoms with E-state index in [1.54, 1.807) is 60.7 Å². The molecule has 236 valence electrons. The Kier molecular flexibility index (Phi) is 8.93. The molecule has 0 bridgehead atoms. The summed E-state index contributed by atoms with van der Waals surface area (Å²) in [7, 11) is 0. The van der Waals surface area contributed by atoms with Crippen molar-refractivity contribution in [3.8, 4) is 0 Å². The van der Waals surface area contributed by atoms with Crippen LogP contribution in [0.3, 0.4) is 0 Å². The zero-order valence-corrected chi connectivity index (χ0v) is 24.2. The summed E-state index contributed by atoms with van der Waals surface area (Å²) in [5.74, 6) is -2.74. The lowest BCUT2D eigenvalue weighted by Crippen LogP contribution is -2.14. The first-order chi connectivity index (χ1) is 21.8. The molecule has 0 spiro atoms. The predicted molar refractivity (Wildman–Crippen MR) is 151 cm³/mol. The molecule has 0 saturated carbocycles. The highest BCUT2D eigenvalue weighted by atomic mass is 32.2. The fraction of sp³-hybridized carbons (Fsp3) is 0.0714.